The van der Waals surface area contributed by atoms with Crippen molar-refractivity contribution in [3.8, 4) is 5.75 Å². The second kappa shape index (κ2) is 7.91. The van der Waals surface area contributed by atoms with Crippen LogP contribution in [0.2, 0.25) is 0 Å². The van der Waals surface area contributed by atoms with E-state index in [0.29, 0.717) is 23.9 Å². The first kappa shape index (κ1) is 19.5. The van der Waals surface area contributed by atoms with E-state index >= 15 is 0 Å². The molecular weight excluding hydrogens is 362 g/mol. The van der Waals surface area contributed by atoms with Gasteiger partial charge in [-0.15, -0.1) is 0 Å². The summed E-state index contributed by atoms with van der Waals surface area (Å²) in [6, 6.07) is 17.1. The third kappa shape index (κ3) is 3.62. The number of hydrogen-bond acceptors (Lipinski definition) is 3. The minimum Gasteiger partial charge on any atom is -0.496 e. The van der Waals surface area contributed by atoms with E-state index < -0.39 is 0 Å². The molecule has 0 saturated carbocycles. The van der Waals surface area contributed by atoms with Crippen LogP contribution in [0.15, 0.2) is 54.7 Å². The van der Waals surface area contributed by atoms with Crippen LogP contribution in [-0.4, -0.2) is 53.0 Å². The number of ether oxygens (including phenoxy) is 1. The zero-order valence-corrected chi connectivity index (χ0v) is 17.6. The van der Waals surface area contributed by atoms with E-state index in [0.717, 1.165) is 17.4 Å². The average molecular weight is 392 g/mol. The predicted octanol–water partition coefficient (Wildman–Crippen LogP) is 4.47. The fourth-order valence-electron chi connectivity index (χ4n) is 4.47. The maximum Gasteiger partial charge on any atom is 0.257 e. The third-order valence-electron chi connectivity index (χ3n) is 6.18. The van der Waals surface area contributed by atoms with Gasteiger partial charge in [0, 0.05) is 54.4 Å². The van der Waals surface area contributed by atoms with Crippen LogP contribution in [0.4, 0.5) is 0 Å². The standard InChI is InChI=1S/C24H29N3O2/c1-16-15-27(17(2)14-26(16)18(3)19-8-6-5-7-9-19)24(28)21-12-20-10-11-25-22(20)13-23(21)29-4/h5-13,16-18,25H,14-15H2,1-4H3. The molecule has 1 aliphatic rings. The number of fused-ring (bicyclic) bond motifs is 1. The molecule has 4 rings (SSSR count). The van der Waals surface area contributed by atoms with Gasteiger partial charge in [-0.1, -0.05) is 30.3 Å². The van der Waals surface area contributed by atoms with E-state index in [9.17, 15) is 4.79 Å². The molecule has 152 valence electrons. The van der Waals surface area contributed by atoms with Crippen LogP contribution in [0.5, 0.6) is 5.75 Å². The van der Waals surface area contributed by atoms with E-state index in [-0.39, 0.29) is 18.0 Å². The Morgan fingerprint density at radius 3 is 2.59 bits per heavy atom. The van der Waals surface area contributed by atoms with Crippen LogP contribution < -0.4 is 4.74 Å². The summed E-state index contributed by atoms with van der Waals surface area (Å²) in [5, 5.41) is 1.02. The first-order valence-electron chi connectivity index (χ1n) is 10.3. The number of carbonyl (C=O) groups excluding carboxylic acids is 1. The van der Waals surface area contributed by atoms with Crippen molar-refractivity contribution in [3.63, 3.8) is 0 Å². The first-order valence-corrected chi connectivity index (χ1v) is 10.3. The highest BCUT2D eigenvalue weighted by atomic mass is 16.5. The molecule has 1 amide bonds. The summed E-state index contributed by atoms with van der Waals surface area (Å²) in [5.41, 5.74) is 2.91. The highest BCUT2D eigenvalue weighted by Gasteiger charge is 2.35. The lowest BCUT2D eigenvalue weighted by Crippen LogP contribution is -2.58. The van der Waals surface area contributed by atoms with Gasteiger partial charge in [-0.3, -0.25) is 9.69 Å². The smallest absolute Gasteiger partial charge is 0.257 e. The molecule has 0 spiro atoms. The van der Waals surface area contributed by atoms with Crippen LogP contribution in [-0.2, 0) is 0 Å². The lowest BCUT2D eigenvalue weighted by Gasteiger charge is -2.46. The van der Waals surface area contributed by atoms with Crippen LogP contribution in [0.25, 0.3) is 10.9 Å². The van der Waals surface area contributed by atoms with Crippen LogP contribution in [0, 0.1) is 0 Å². The quantitative estimate of drug-likeness (QED) is 0.714. The molecule has 3 unspecified atom stereocenters. The van der Waals surface area contributed by atoms with Crippen molar-refractivity contribution in [1.29, 1.82) is 0 Å². The Hall–Kier alpha value is -2.79. The van der Waals surface area contributed by atoms with Crippen molar-refractivity contribution in [1.82, 2.24) is 14.8 Å². The number of aromatic nitrogens is 1. The van der Waals surface area contributed by atoms with Gasteiger partial charge in [-0.2, -0.15) is 0 Å². The zero-order chi connectivity index (χ0) is 20.5. The molecule has 3 aromatic rings. The monoisotopic (exact) mass is 391 g/mol. The van der Waals surface area contributed by atoms with Crippen molar-refractivity contribution in [2.75, 3.05) is 20.2 Å². The average Bonchev–Trinajstić information content (AvgIpc) is 3.21. The van der Waals surface area contributed by atoms with Gasteiger partial charge in [0.1, 0.15) is 5.75 Å². The molecule has 3 atom stereocenters. The molecule has 5 nitrogen and oxygen atoms in total. The SMILES string of the molecule is COc1cc2[nH]ccc2cc1C(=O)N1CC(C)N(C(C)c2ccccc2)CC1C. The number of rotatable bonds is 4. The first-order chi connectivity index (χ1) is 14.0. The van der Waals surface area contributed by atoms with E-state index in [1.165, 1.54) is 5.56 Å². The molecule has 29 heavy (non-hydrogen) atoms. The van der Waals surface area contributed by atoms with E-state index in [2.05, 4.69) is 54.9 Å². The molecule has 0 aliphatic carbocycles. The number of nitrogens with zero attached hydrogens (tertiary/aromatic N) is 2. The number of carbonyl (C=O) groups is 1. The second-order valence-electron chi connectivity index (χ2n) is 8.06. The van der Waals surface area contributed by atoms with Gasteiger partial charge < -0.3 is 14.6 Å². The van der Waals surface area contributed by atoms with E-state index in [4.69, 9.17) is 4.74 Å². The van der Waals surface area contributed by atoms with Crippen molar-refractivity contribution >= 4 is 16.8 Å². The van der Waals surface area contributed by atoms with Crippen molar-refractivity contribution in [2.24, 2.45) is 0 Å². The Balaban J connectivity index is 1.57. The fraction of sp³-hybridized carbons (Fsp3) is 0.375. The van der Waals surface area contributed by atoms with Crippen molar-refractivity contribution in [2.45, 2.75) is 38.9 Å². The summed E-state index contributed by atoms with van der Waals surface area (Å²) in [4.78, 5) is 21.1. The lowest BCUT2D eigenvalue weighted by molar-refractivity contribution is 0.0172. The second-order valence-corrected chi connectivity index (χ2v) is 8.06. The number of benzene rings is 2. The van der Waals surface area contributed by atoms with Gasteiger partial charge in [0.2, 0.25) is 0 Å². The van der Waals surface area contributed by atoms with E-state index in [1.807, 2.05) is 35.4 Å². The number of aromatic amines is 1. The maximum absolute atomic E-state index is 13.5. The third-order valence-corrected chi connectivity index (χ3v) is 6.18. The number of H-pyrrole nitrogens is 1. The molecule has 2 heterocycles. The number of nitrogens with one attached hydrogen (secondary N) is 1. The fourth-order valence-corrected chi connectivity index (χ4v) is 4.47. The Kier molecular flexibility index (Phi) is 5.33. The summed E-state index contributed by atoms with van der Waals surface area (Å²) < 4.78 is 5.54. The summed E-state index contributed by atoms with van der Waals surface area (Å²) >= 11 is 0. The van der Waals surface area contributed by atoms with Crippen LogP contribution in [0.1, 0.15) is 42.7 Å². The molecule has 0 bridgehead atoms. The zero-order valence-electron chi connectivity index (χ0n) is 17.6. The van der Waals surface area contributed by atoms with Gasteiger partial charge >= 0.3 is 0 Å². The highest BCUT2D eigenvalue weighted by Crippen LogP contribution is 2.31. The van der Waals surface area contributed by atoms with E-state index in [1.54, 1.807) is 7.11 Å². The number of piperazine rings is 1. The largest absolute Gasteiger partial charge is 0.496 e. The Morgan fingerprint density at radius 1 is 1.10 bits per heavy atom. The molecule has 0 radical (unpaired) electrons. The van der Waals surface area contributed by atoms with Gasteiger partial charge in [0.25, 0.3) is 5.91 Å². The van der Waals surface area contributed by atoms with Crippen molar-refractivity contribution in [3.05, 3.63) is 65.9 Å². The molecular formula is C24H29N3O2. The van der Waals surface area contributed by atoms with Gasteiger partial charge in [0.15, 0.2) is 0 Å². The molecule has 1 aromatic heterocycles. The Labute approximate surface area is 172 Å². The molecule has 5 heteroatoms. The summed E-state index contributed by atoms with van der Waals surface area (Å²) in [6.07, 6.45) is 1.88. The Bertz CT molecular complexity index is 998. The lowest BCUT2D eigenvalue weighted by atomic mass is 10.00. The molecule has 1 N–H and O–H groups in total. The van der Waals surface area contributed by atoms with Crippen LogP contribution in [0.3, 0.4) is 0 Å². The number of methoxy groups -OCH3 is 1. The normalized spacial score (nSPS) is 21.3. The summed E-state index contributed by atoms with van der Waals surface area (Å²) in [5.74, 6) is 0.654. The van der Waals surface area contributed by atoms with Gasteiger partial charge in [-0.25, -0.2) is 0 Å². The maximum atomic E-state index is 13.5. The molecule has 1 aliphatic heterocycles. The Morgan fingerprint density at radius 2 is 1.86 bits per heavy atom. The van der Waals surface area contributed by atoms with Gasteiger partial charge in [0.05, 0.1) is 12.7 Å². The minimum absolute atomic E-state index is 0.0383. The van der Waals surface area contributed by atoms with Crippen LogP contribution >= 0.6 is 0 Å². The minimum atomic E-state index is 0.0383. The number of hydrogen-bond donors (Lipinski definition) is 1. The van der Waals surface area contributed by atoms with Crippen molar-refractivity contribution < 1.29 is 9.53 Å². The topological polar surface area (TPSA) is 48.6 Å². The number of amides is 1. The predicted molar refractivity (Wildman–Crippen MR) is 116 cm³/mol. The molecule has 2 aromatic carbocycles. The summed E-state index contributed by atoms with van der Waals surface area (Å²) in [7, 11) is 1.62. The molecule has 1 saturated heterocycles. The highest BCUT2D eigenvalue weighted by molar-refractivity contribution is 6.01. The van der Waals surface area contributed by atoms with Gasteiger partial charge in [-0.05, 0) is 38.5 Å². The molecule has 1 fully saturated rings. The summed E-state index contributed by atoms with van der Waals surface area (Å²) in [6.45, 7) is 8.13.